The lowest BCUT2D eigenvalue weighted by atomic mass is 9.80. The van der Waals surface area contributed by atoms with Crippen LogP contribution in [0.5, 0.6) is 0 Å². The van der Waals surface area contributed by atoms with Gasteiger partial charge in [0.25, 0.3) is 0 Å². The van der Waals surface area contributed by atoms with Gasteiger partial charge in [-0.15, -0.1) is 0 Å². The molecular weight excluding hydrogens is 769 g/mol. The molecule has 1 aliphatic heterocycles. The molecule has 3 aromatic rings. The number of likely N-dealkylation sites (tertiary alicyclic amines) is 1. The Kier molecular flexibility index (Phi) is 16.5. The zero-order valence-corrected chi connectivity index (χ0v) is 32.8. The highest BCUT2D eigenvalue weighted by atomic mass is 32.2. The summed E-state index contributed by atoms with van der Waals surface area (Å²) in [6, 6.07) is 19.1. The summed E-state index contributed by atoms with van der Waals surface area (Å²) >= 11 is 0. The van der Waals surface area contributed by atoms with Gasteiger partial charge in [-0.05, 0) is 96.2 Å². The van der Waals surface area contributed by atoms with Gasteiger partial charge in [0.15, 0.2) is 0 Å². The minimum atomic E-state index is -5.02. The molecule has 0 aliphatic carbocycles. The molecule has 16 heteroatoms. The van der Waals surface area contributed by atoms with Crippen molar-refractivity contribution in [1.82, 2.24) is 4.90 Å². The monoisotopic (exact) mass is 819 g/mol. The molecule has 4 atom stereocenters. The highest BCUT2D eigenvalue weighted by molar-refractivity contribution is 7.85. The van der Waals surface area contributed by atoms with Crippen LogP contribution in [0.1, 0.15) is 103 Å². The number of rotatable bonds is 8. The van der Waals surface area contributed by atoms with E-state index in [1.165, 1.54) is 11.8 Å². The van der Waals surface area contributed by atoms with E-state index in [2.05, 4.69) is 4.40 Å². The van der Waals surface area contributed by atoms with Crippen molar-refractivity contribution in [2.24, 2.45) is 9.54 Å². The van der Waals surface area contributed by atoms with Crippen LogP contribution in [0.3, 0.4) is 0 Å². The number of carbonyl (C=O) groups is 1. The summed E-state index contributed by atoms with van der Waals surface area (Å²) in [5.74, 6) is 0. The Morgan fingerprint density at radius 3 is 1.80 bits per heavy atom. The first-order valence-electron chi connectivity index (χ1n) is 16.9. The lowest BCUT2D eigenvalue weighted by Gasteiger charge is -2.47. The van der Waals surface area contributed by atoms with Gasteiger partial charge < -0.3 is 9.47 Å². The molecular formula is C39H51F6N3O5S2. The largest absolute Gasteiger partial charge is 0.445 e. The van der Waals surface area contributed by atoms with Crippen LogP contribution in [-0.2, 0) is 55.9 Å². The number of amides is 1. The highest BCUT2D eigenvalue weighted by Gasteiger charge is 2.47. The molecule has 0 saturated carbocycles. The fourth-order valence-corrected chi connectivity index (χ4v) is 5.78. The fourth-order valence-electron chi connectivity index (χ4n) is 5.12. The van der Waals surface area contributed by atoms with Crippen LogP contribution >= 0.6 is 0 Å². The third-order valence-electron chi connectivity index (χ3n) is 8.41. The molecule has 1 fully saturated rings. The normalized spacial score (nSPS) is 19.0. The van der Waals surface area contributed by atoms with E-state index in [0.717, 1.165) is 5.56 Å². The molecule has 0 radical (unpaired) electrons. The van der Waals surface area contributed by atoms with Crippen LogP contribution in [0.2, 0.25) is 0 Å². The minimum Gasteiger partial charge on any atom is -0.445 e. The average molecular weight is 820 g/mol. The van der Waals surface area contributed by atoms with Gasteiger partial charge in [0, 0.05) is 5.71 Å². The van der Waals surface area contributed by atoms with Crippen molar-refractivity contribution in [1.29, 1.82) is 0 Å². The van der Waals surface area contributed by atoms with Crippen molar-refractivity contribution < 1.29 is 49.0 Å². The summed E-state index contributed by atoms with van der Waals surface area (Å²) in [6.07, 6.45) is -11.5. The predicted octanol–water partition coefficient (Wildman–Crippen LogP) is 10.1. The van der Waals surface area contributed by atoms with E-state index < -0.39 is 67.9 Å². The van der Waals surface area contributed by atoms with E-state index in [1.807, 2.05) is 26.8 Å². The molecule has 0 bridgehead atoms. The number of carbonyl (C=O) groups excluding carboxylic acids is 1. The second-order valence-corrected chi connectivity index (χ2v) is 18.5. The van der Waals surface area contributed by atoms with E-state index in [0.29, 0.717) is 29.8 Å². The summed E-state index contributed by atoms with van der Waals surface area (Å²) in [6.45, 7) is 11.7. The van der Waals surface area contributed by atoms with Crippen molar-refractivity contribution >= 4 is 33.8 Å². The van der Waals surface area contributed by atoms with Crippen LogP contribution in [0.25, 0.3) is 0 Å². The van der Waals surface area contributed by atoms with Crippen LogP contribution in [0.4, 0.5) is 31.1 Å². The first kappa shape index (κ1) is 47.6. The van der Waals surface area contributed by atoms with E-state index in [4.69, 9.17) is 14.6 Å². The third kappa shape index (κ3) is 13.5. The van der Waals surface area contributed by atoms with Crippen molar-refractivity contribution in [3.05, 3.63) is 107 Å². The van der Waals surface area contributed by atoms with E-state index in [1.54, 1.807) is 75.4 Å². The quantitative estimate of drug-likeness (QED) is 0.228. The molecule has 0 aromatic heterocycles. The van der Waals surface area contributed by atoms with Crippen LogP contribution in [-0.4, -0.2) is 47.8 Å². The second-order valence-electron chi connectivity index (χ2n) is 14.7. The number of hydrogen-bond acceptors (Lipinski definition) is 5. The number of hydrogen-bond donors (Lipinski definition) is 1. The summed E-state index contributed by atoms with van der Waals surface area (Å²) in [7, 11) is -2.81. The van der Waals surface area contributed by atoms with E-state index >= 15 is 0 Å². The van der Waals surface area contributed by atoms with Crippen LogP contribution in [0, 0.1) is 0 Å². The van der Waals surface area contributed by atoms with Crippen molar-refractivity contribution in [2.45, 2.75) is 109 Å². The zero-order chi connectivity index (χ0) is 40.7. The van der Waals surface area contributed by atoms with Gasteiger partial charge in [0.1, 0.15) is 17.6 Å². The number of alkyl halides is 6. The number of nitrogens with zero attached hydrogens (tertiary/aromatic N) is 2. The summed E-state index contributed by atoms with van der Waals surface area (Å²) < 4.78 is 120. The zero-order valence-electron chi connectivity index (χ0n) is 31.2. The average Bonchev–Trinajstić information content (AvgIpc) is 3.09. The van der Waals surface area contributed by atoms with Crippen molar-refractivity contribution in [3.8, 4) is 0 Å². The Labute approximate surface area is 325 Å². The molecule has 1 saturated heterocycles. The van der Waals surface area contributed by atoms with Crippen LogP contribution < -0.4 is 5.14 Å². The van der Waals surface area contributed by atoms with Crippen molar-refractivity contribution in [2.75, 3.05) is 13.2 Å². The van der Waals surface area contributed by atoms with Gasteiger partial charge in [-0.3, -0.25) is 10.0 Å². The number of ether oxygens (including phenoxy) is 2. The SMILES string of the molecule is C.CC(C)(C)S(N)=O.C[C@@H](OC[C@@]1(c2ccccc2)CCC(=NS(=O)C(C)(C)C)CN1C(=O)OCc1ccccc1)c1cc(C(F)(F)F)cc(C(F)(F)F)c1. The Bertz CT molecular complexity index is 1760. The van der Waals surface area contributed by atoms with Gasteiger partial charge in [0.2, 0.25) is 0 Å². The second kappa shape index (κ2) is 19.0. The minimum absolute atomic E-state index is 0. The van der Waals surface area contributed by atoms with E-state index in [-0.39, 0.29) is 50.0 Å². The molecule has 55 heavy (non-hydrogen) atoms. The molecule has 4 rings (SSSR count). The lowest BCUT2D eigenvalue weighted by molar-refractivity contribution is -0.143. The van der Waals surface area contributed by atoms with Crippen LogP contribution in [0.15, 0.2) is 83.3 Å². The summed E-state index contributed by atoms with van der Waals surface area (Å²) in [4.78, 5) is 15.3. The van der Waals surface area contributed by atoms with Gasteiger partial charge >= 0.3 is 18.4 Å². The molecule has 0 spiro atoms. The first-order chi connectivity index (χ1) is 24.8. The van der Waals surface area contributed by atoms with Gasteiger partial charge in [-0.1, -0.05) is 68.1 Å². The van der Waals surface area contributed by atoms with Crippen molar-refractivity contribution in [3.63, 3.8) is 0 Å². The number of benzene rings is 3. The molecule has 306 valence electrons. The Morgan fingerprint density at radius 1 is 0.855 bits per heavy atom. The maximum atomic E-state index is 13.9. The summed E-state index contributed by atoms with van der Waals surface area (Å²) in [5.41, 5.74) is -2.69. The number of piperidine rings is 1. The molecule has 1 aliphatic rings. The predicted molar refractivity (Wildman–Crippen MR) is 206 cm³/mol. The standard InChI is InChI=1S/C34H36F6N2O4S.C4H11NOS.CH4/c1-23(25-17-27(33(35,36)37)19-28(18-25)34(38,39)40)46-22-32(26-13-9-6-10-14-26)16-15-29(41-47(44)31(2,3)4)20-42(32)30(43)45-21-24-11-7-5-8-12-24;1-4(2,3)7(5)6;/h5-14,17-19,23H,15-16,20-22H2,1-4H3;5H2,1-3H3;1H4/t23-,32-,47?;;/m1../s1. The fraction of sp³-hybridized carbons (Fsp3) is 0.487. The third-order valence-corrected chi connectivity index (χ3v) is 11.1. The molecule has 1 amide bonds. The molecule has 3 aromatic carbocycles. The smallest absolute Gasteiger partial charge is 0.416 e. The summed E-state index contributed by atoms with van der Waals surface area (Å²) in [5, 5.41) is 5.04. The Morgan fingerprint density at radius 2 is 1.35 bits per heavy atom. The maximum Gasteiger partial charge on any atom is 0.416 e. The number of nitrogens with two attached hydrogens (primary N) is 1. The van der Waals surface area contributed by atoms with Gasteiger partial charge in [-0.25, -0.2) is 13.2 Å². The molecule has 2 N–H and O–H groups in total. The molecule has 2 unspecified atom stereocenters. The lowest BCUT2D eigenvalue weighted by Crippen LogP contribution is -2.57. The topological polar surface area (TPSA) is 111 Å². The number of halogens is 6. The van der Waals surface area contributed by atoms with E-state index in [9.17, 15) is 39.6 Å². The maximum absolute atomic E-state index is 13.9. The highest BCUT2D eigenvalue weighted by Crippen LogP contribution is 2.41. The van der Waals surface area contributed by atoms with Gasteiger partial charge in [-0.2, -0.15) is 30.7 Å². The molecule has 1 heterocycles. The Balaban J connectivity index is 0.00000119. The van der Waals surface area contributed by atoms with Gasteiger partial charge in [0.05, 0.1) is 56.4 Å². The first-order valence-corrected chi connectivity index (χ1v) is 19.3. The molecule has 8 nitrogen and oxygen atoms in total. The Hall–Kier alpha value is -3.60.